The summed E-state index contributed by atoms with van der Waals surface area (Å²) in [5.74, 6) is -1.69. The van der Waals surface area contributed by atoms with Gasteiger partial charge in [-0.05, 0) is 11.5 Å². The summed E-state index contributed by atoms with van der Waals surface area (Å²) in [7, 11) is 0. The predicted octanol–water partition coefficient (Wildman–Crippen LogP) is 3.72. The molecule has 3 aromatic rings. The Hall–Kier alpha value is -4.19. The fourth-order valence-corrected chi connectivity index (χ4v) is 3.60. The minimum Gasteiger partial charge on any atom is -0.444 e. The predicted molar refractivity (Wildman–Crippen MR) is 133 cm³/mol. The number of nitrogens with zero attached hydrogens (tertiary/aromatic N) is 2. The van der Waals surface area contributed by atoms with Crippen molar-refractivity contribution < 1.29 is 32.6 Å². The summed E-state index contributed by atoms with van der Waals surface area (Å²) in [6.07, 6.45) is -7.60. The number of amides is 2. The normalized spacial score (nSPS) is 13.0. The van der Waals surface area contributed by atoms with Crippen LogP contribution >= 0.6 is 0 Å². The minimum absolute atomic E-state index is 0.0476. The minimum atomic E-state index is -4.96. The number of aromatic nitrogens is 2. The monoisotopic (exact) mass is 532 g/mol. The fourth-order valence-electron chi connectivity index (χ4n) is 3.60. The van der Waals surface area contributed by atoms with Crippen LogP contribution in [-0.2, 0) is 22.7 Å². The van der Waals surface area contributed by atoms with Crippen molar-refractivity contribution in [1.29, 1.82) is 0 Å². The third-order valence-electron chi connectivity index (χ3n) is 5.55. The van der Waals surface area contributed by atoms with Crippen molar-refractivity contribution in [2.75, 3.05) is 5.32 Å². The number of hydrogen-bond donors (Lipinski definition) is 3. The van der Waals surface area contributed by atoms with Gasteiger partial charge in [0, 0.05) is 5.56 Å². The van der Waals surface area contributed by atoms with Crippen molar-refractivity contribution in [1.82, 2.24) is 14.9 Å². The van der Waals surface area contributed by atoms with Crippen LogP contribution in [0, 0.1) is 5.92 Å². The molecule has 9 nitrogen and oxygen atoms in total. The molecule has 2 atom stereocenters. The highest BCUT2D eigenvalue weighted by molar-refractivity contribution is 5.84. The molecule has 0 radical (unpaired) electrons. The van der Waals surface area contributed by atoms with Gasteiger partial charge in [-0.1, -0.05) is 74.5 Å². The van der Waals surface area contributed by atoms with E-state index in [9.17, 15) is 32.7 Å². The van der Waals surface area contributed by atoms with Crippen LogP contribution in [0.5, 0.6) is 0 Å². The van der Waals surface area contributed by atoms with Gasteiger partial charge in [0.1, 0.15) is 24.7 Å². The van der Waals surface area contributed by atoms with E-state index in [0.717, 1.165) is 16.3 Å². The van der Waals surface area contributed by atoms with Crippen LogP contribution in [0.3, 0.4) is 0 Å². The molecule has 0 fully saturated rings. The molecule has 38 heavy (non-hydrogen) atoms. The first-order valence-corrected chi connectivity index (χ1v) is 11.6. The topological polar surface area (TPSA) is 123 Å². The van der Waals surface area contributed by atoms with E-state index >= 15 is 0 Å². The summed E-state index contributed by atoms with van der Waals surface area (Å²) in [4.78, 5) is 42.6. The Labute approximate surface area is 216 Å². The van der Waals surface area contributed by atoms with E-state index in [1.54, 1.807) is 60.7 Å². The van der Waals surface area contributed by atoms with Crippen LogP contribution < -0.4 is 16.2 Å². The van der Waals surface area contributed by atoms with E-state index in [2.05, 4.69) is 15.6 Å². The van der Waals surface area contributed by atoms with Crippen LogP contribution in [-0.4, -0.2) is 45.0 Å². The maximum Gasteiger partial charge on any atom is 0.416 e. The number of ether oxygens (including phenoxy) is 1. The van der Waals surface area contributed by atoms with Crippen molar-refractivity contribution in [3.8, 4) is 11.4 Å². The maximum atomic E-state index is 13.3. The van der Waals surface area contributed by atoms with E-state index in [1.165, 1.54) is 13.8 Å². The third kappa shape index (κ3) is 7.42. The molecule has 0 saturated heterocycles. The lowest BCUT2D eigenvalue weighted by molar-refractivity contribution is -0.215. The SMILES string of the molecule is CC(C)C(NC(=O)Cn1c(-c2ccccc2)ncc(NC(=O)OCc2ccccc2)c1=O)C(O)C(F)(F)F. The molecule has 2 amide bonds. The highest BCUT2D eigenvalue weighted by atomic mass is 19.4. The molecular formula is C26H27F3N4O5. The van der Waals surface area contributed by atoms with Gasteiger partial charge in [0.15, 0.2) is 6.10 Å². The summed E-state index contributed by atoms with van der Waals surface area (Å²) in [5.41, 5.74) is 0.0378. The Balaban J connectivity index is 1.86. The van der Waals surface area contributed by atoms with Gasteiger partial charge >= 0.3 is 12.3 Å². The first-order valence-electron chi connectivity index (χ1n) is 11.6. The standard InChI is InChI=1S/C26H27F3N4O5/c1-16(2)21(22(35)26(27,28)29)32-20(34)14-33-23(18-11-7-4-8-12-18)30-13-19(24(33)36)31-25(37)38-15-17-9-5-3-6-10-17/h3-13,16,21-22,35H,14-15H2,1-2H3,(H,31,37)(H,32,34). The number of aliphatic hydroxyl groups is 1. The lowest BCUT2D eigenvalue weighted by Crippen LogP contribution is -2.53. The zero-order valence-electron chi connectivity index (χ0n) is 20.6. The molecule has 1 aromatic heterocycles. The van der Waals surface area contributed by atoms with Crippen LogP contribution in [0.2, 0.25) is 0 Å². The van der Waals surface area contributed by atoms with Crippen molar-refractivity contribution in [3.05, 3.63) is 82.8 Å². The number of rotatable bonds is 9. The Kier molecular flexibility index (Phi) is 9.24. The van der Waals surface area contributed by atoms with Crippen LogP contribution in [0.15, 0.2) is 71.7 Å². The highest BCUT2D eigenvalue weighted by Gasteiger charge is 2.45. The molecule has 0 spiro atoms. The number of nitrogens with one attached hydrogen (secondary N) is 2. The van der Waals surface area contributed by atoms with Gasteiger partial charge in [-0.15, -0.1) is 0 Å². The van der Waals surface area contributed by atoms with Gasteiger partial charge < -0.3 is 15.2 Å². The molecule has 2 unspecified atom stereocenters. The van der Waals surface area contributed by atoms with Crippen LogP contribution in [0.4, 0.5) is 23.7 Å². The first-order chi connectivity index (χ1) is 18.0. The largest absolute Gasteiger partial charge is 0.444 e. The zero-order valence-corrected chi connectivity index (χ0v) is 20.6. The van der Waals surface area contributed by atoms with Gasteiger partial charge in [-0.25, -0.2) is 9.78 Å². The van der Waals surface area contributed by atoms with E-state index < -0.39 is 48.3 Å². The second-order valence-corrected chi connectivity index (χ2v) is 8.76. The van der Waals surface area contributed by atoms with E-state index in [4.69, 9.17) is 4.74 Å². The van der Waals surface area contributed by atoms with Crippen molar-refractivity contribution in [3.63, 3.8) is 0 Å². The van der Waals surface area contributed by atoms with Crippen LogP contribution in [0.1, 0.15) is 19.4 Å². The molecule has 1 heterocycles. The van der Waals surface area contributed by atoms with Crippen molar-refractivity contribution >= 4 is 17.7 Å². The fraction of sp³-hybridized carbons (Fsp3) is 0.308. The number of anilines is 1. The smallest absolute Gasteiger partial charge is 0.416 e. The van der Waals surface area contributed by atoms with Crippen molar-refractivity contribution in [2.45, 2.75) is 45.3 Å². The van der Waals surface area contributed by atoms with Crippen LogP contribution in [0.25, 0.3) is 11.4 Å². The highest BCUT2D eigenvalue weighted by Crippen LogP contribution is 2.25. The summed E-state index contributed by atoms with van der Waals surface area (Å²) in [5, 5.41) is 14.2. The number of aliphatic hydroxyl groups excluding tert-OH is 1. The van der Waals surface area contributed by atoms with E-state index in [-0.39, 0.29) is 18.1 Å². The molecule has 12 heteroatoms. The molecular weight excluding hydrogens is 505 g/mol. The number of alkyl halides is 3. The average molecular weight is 533 g/mol. The second kappa shape index (κ2) is 12.4. The quantitative estimate of drug-likeness (QED) is 0.386. The molecule has 0 bridgehead atoms. The summed E-state index contributed by atoms with van der Waals surface area (Å²) in [6.45, 7) is 2.04. The lowest BCUT2D eigenvalue weighted by Gasteiger charge is -2.29. The Morgan fingerprint density at radius 2 is 1.66 bits per heavy atom. The van der Waals surface area contributed by atoms with Gasteiger partial charge in [-0.2, -0.15) is 13.2 Å². The Morgan fingerprint density at radius 3 is 2.24 bits per heavy atom. The molecule has 0 aliphatic rings. The van der Waals surface area contributed by atoms with Crippen molar-refractivity contribution in [2.24, 2.45) is 5.92 Å². The zero-order chi connectivity index (χ0) is 27.9. The Morgan fingerprint density at radius 1 is 1.05 bits per heavy atom. The maximum absolute atomic E-state index is 13.3. The summed E-state index contributed by atoms with van der Waals surface area (Å²) >= 11 is 0. The van der Waals surface area contributed by atoms with Gasteiger partial charge in [0.25, 0.3) is 5.56 Å². The molecule has 3 N–H and O–H groups in total. The number of carbonyl (C=O) groups is 2. The van der Waals surface area contributed by atoms with Gasteiger partial charge in [0.2, 0.25) is 5.91 Å². The lowest BCUT2D eigenvalue weighted by atomic mass is 9.98. The second-order valence-electron chi connectivity index (χ2n) is 8.76. The molecule has 202 valence electrons. The molecule has 0 aliphatic carbocycles. The number of hydrogen-bond acceptors (Lipinski definition) is 6. The summed E-state index contributed by atoms with van der Waals surface area (Å²) < 4.78 is 45.4. The number of benzene rings is 2. The number of carbonyl (C=O) groups excluding carboxylic acids is 2. The van der Waals surface area contributed by atoms with E-state index in [0.29, 0.717) is 5.56 Å². The third-order valence-corrected chi connectivity index (χ3v) is 5.55. The first kappa shape index (κ1) is 28.4. The molecule has 0 saturated carbocycles. The average Bonchev–Trinajstić information content (AvgIpc) is 2.88. The van der Waals surface area contributed by atoms with Gasteiger partial charge in [0.05, 0.1) is 12.2 Å². The van der Waals surface area contributed by atoms with Gasteiger partial charge in [-0.3, -0.25) is 19.5 Å². The molecule has 0 aliphatic heterocycles. The molecule has 3 rings (SSSR count). The summed E-state index contributed by atoms with van der Waals surface area (Å²) in [6, 6.07) is 15.5. The Bertz CT molecular complexity index is 1300. The van der Waals surface area contributed by atoms with E-state index in [1.807, 2.05) is 0 Å². The molecule has 2 aromatic carbocycles. The number of halogens is 3.